The molecule has 0 amide bonds. The monoisotopic (exact) mass is 323 g/mol. The molecule has 0 bridgehead atoms. The van der Waals surface area contributed by atoms with Gasteiger partial charge in [-0.3, -0.25) is 0 Å². The summed E-state index contributed by atoms with van der Waals surface area (Å²) in [5, 5.41) is 0. The molecule has 0 spiro atoms. The van der Waals surface area contributed by atoms with Crippen molar-refractivity contribution >= 4 is 16.5 Å². The van der Waals surface area contributed by atoms with Crippen LogP contribution in [-0.2, 0) is 0 Å². The molecule has 0 atom stereocenters. The van der Waals surface area contributed by atoms with Crippen molar-refractivity contribution in [2.24, 2.45) is 0 Å². The molecule has 0 aromatic heterocycles. The summed E-state index contributed by atoms with van der Waals surface area (Å²) in [6.45, 7) is 24.2. The molecule has 0 aromatic rings. The quantitative estimate of drug-likeness (QED) is 0.601. The van der Waals surface area contributed by atoms with Crippen LogP contribution in [-0.4, -0.2) is 16.5 Å². The van der Waals surface area contributed by atoms with Crippen molar-refractivity contribution in [3.05, 3.63) is 4.65 Å². The van der Waals surface area contributed by atoms with E-state index in [0.29, 0.717) is 0 Å². The zero-order valence-electron chi connectivity index (χ0n) is 16.2. The second-order valence-corrected chi connectivity index (χ2v) is 18.3. The van der Waals surface area contributed by atoms with Crippen LogP contribution < -0.4 is 29.6 Å². The Morgan fingerprint density at radius 2 is 0.800 bits per heavy atom. The van der Waals surface area contributed by atoms with Gasteiger partial charge in [-0.15, -0.1) is 0 Å². The normalized spacial score (nSPS) is 13.5. The third-order valence-corrected chi connectivity index (χ3v) is 19.1. The molecule has 1 nitrogen and oxygen atoms in total. The Balaban J connectivity index is 0. The molecule has 0 radical (unpaired) electrons. The topological polar surface area (TPSA) is 14.1 Å². The molecule has 0 saturated heterocycles. The van der Waals surface area contributed by atoms with Crippen molar-refractivity contribution in [1.82, 2.24) is 0 Å². The van der Waals surface area contributed by atoms with Crippen LogP contribution >= 0.6 is 0 Å². The zero-order chi connectivity index (χ0) is 15.4. The van der Waals surface area contributed by atoms with Crippen molar-refractivity contribution in [3.8, 4) is 0 Å². The van der Waals surface area contributed by atoms with Crippen LogP contribution in [0.5, 0.6) is 0 Å². The molecule has 0 aliphatic rings. The van der Waals surface area contributed by atoms with Crippen LogP contribution in [0.3, 0.4) is 0 Å². The summed E-state index contributed by atoms with van der Waals surface area (Å²) in [5.74, 6) is 0. The van der Waals surface area contributed by atoms with E-state index < -0.39 is 16.5 Å². The number of rotatable bonds is 8. The fourth-order valence-electron chi connectivity index (χ4n) is 4.03. The minimum Gasteiger partial charge on any atom is -0.665 e. The van der Waals surface area contributed by atoms with Crippen LogP contribution in [0, 0.1) is 0 Å². The maximum absolute atomic E-state index is 5.85. The molecule has 0 aromatic carbocycles. The third-order valence-electron chi connectivity index (χ3n) is 5.55. The van der Waals surface area contributed by atoms with E-state index in [1.54, 1.807) is 0 Å². The third kappa shape index (κ3) is 4.69. The van der Waals surface area contributed by atoms with Crippen molar-refractivity contribution < 1.29 is 29.6 Å². The van der Waals surface area contributed by atoms with Crippen LogP contribution in [0.15, 0.2) is 0 Å². The van der Waals surface area contributed by atoms with E-state index in [0.717, 1.165) is 22.2 Å². The molecule has 20 heavy (non-hydrogen) atoms. The molecule has 0 N–H and O–H groups in total. The van der Waals surface area contributed by atoms with Gasteiger partial charge in [0.2, 0.25) is 0 Å². The van der Waals surface area contributed by atoms with E-state index in [4.69, 9.17) is 4.65 Å². The Kier molecular flexibility index (Phi) is 11.3. The van der Waals surface area contributed by atoms with Gasteiger partial charge in [0.25, 0.3) is 0 Å². The predicted octanol–water partition coefficient (Wildman–Crippen LogP) is 3.93. The number of hydrogen-bond acceptors (Lipinski definition) is 0. The Bertz CT molecular complexity index is 223. The summed E-state index contributed by atoms with van der Waals surface area (Å²) in [4.78, 5) is 0. The molecular formula is C16H38NNaSi2. The van der Waals surface area contributed by atoms with Gasteiger partial charge in [0.15, 0.2) is 0 Å². The van der Waals surface area contributed by atoms with Gasteiger partial charge in [0, 0.05) is 0 Å². The summed E-state index contributed by atoms with van der Waals surface area (Å²) >= 11 is 0. The molecule has 0 unspecified atom stereocenters. The van der Waals surface area contributed by atoms with Gasteiger partial charge < -0.3 is 4.65 Å². The van der Waals surface area contributed by atoms with Gasteiger partial charge in [-0.05, 0) is 0 Å². The molecule has 4 heteroatoms. The van der Waals surface area contributed by atoms with Crippen LogP contribution in [0.2, 0.25) is 34.3 Å². The fourth-order valence-corrected chi connectivity index (χ4v) is 18.5. The second kappa shape index (κ2) is 9.51. The molecule has 0 fully saturated rings. The summed E-state index contributed by atoms with van der Waals surface area (Å²) < 4.78 is 5.85. The first-order valence-corrected chi connectivity index (χ1v) is 13.0. The minimum atomic E-state index is -1.52. The molecule has 116 valence electrons. The Hall–Kier alpha value is 1.39. The van der Waals surface area contributed by atoms with Gasteiger partial charge in [-0.2, -0.15) is 0 Å². The van der Waals surface area contributed by atoms with Crippen LogP contribution in [0.25, 0.3) is 4.65 Å². The van der Waals surface area contributed by atoms with E-state index in [-0.39, 0.29) is 29.6 Å². The molecule has 0 heterocycles. The molecule has 0 saturated carbocycles. The minimum absolute atomic E-state index is 0. The van der Waals surface area contributed by atoms with Crippen molar-refractivity contribution in [2.75, 3.05) is 0 Å². The van der Waals surface area contributed by atoms with E-state index >= 15 is 0 Å². The van der Waals surface area contributed by atoms with Gasteiger partial charge in [0.1, 0.15) is 0 Å². The van der Waals surface area contributed by atoms with E-state index in [1.165, 1.54) is 12.1 Å². The first kappa shape index (κ1) is 23.7. The van der Waals surface area contributed by atoms with Gasteiger partial charge in [-0.25, -0.2) is 0 Å². The second-order valence-electron chi connectivity index (χ2n) is 7.42. The fraction of sp³-hybridized carbons (Fsp3) is 1.00. The maximum atomic E-state index is 5.85. The zero-order valence-corrected chi connectivity index (χ0v) is 20.2. The standard InChI is InChI=1S/C16H38NSi2.Na/c1-11-18(13(3)4,14(5)6)17-19(12-2,15(7)8)16(9)10;/h13-16H,11-12H2,1-10H3;/q-1;+1. The average Bonchev–Trinajstić information content (AvgIpc) is 2.29. The predicted molar refractivity (Wildman–Crippen MR) is 96.2 cm³/mol. The SMILES string of the molecule is CC[Si]([N-][Si](CC)(C(C)C)C(C)C)(C(C)C)C(C)C.[Na+]. The average molecular weight is 324 g/mol. The van der Waals surface area contributed by atoms with Gasteiger partial charge >= 0.3 is 29.6 Å². The largest absolute Gasteiger partial charge is 1.00 e. The van der Waals surface area contributed by atoms with Gasteiger partial charge in [-0.1, -0.05) is 120 Å². The van der Waals surface area contributed by atoms with E-state index in [2.05, 4.69) is 69.2 Å². The van der Waals surface area contributed by atoms with Crippen molar-refractivity contribution in [1.29, 1.82) is 0 Å². The van der Waals surface area contributed by atoms with Crippen LogP contribution in [0.1, 0.15) is 69.2 Å². The molecular weight excluding hydrogens is 285 g/mol. The molecule has 0 aliphatic carbocycles. The summed E-state index contributed by atoms with van der Waals surface area (Å²) in [7, 11) is -3.04. The first-order chi connectivity index (χ1) is 8.60. The Morgan fingerprint density at radius 1 is 0.600 bits per heavy atom. The number of nitrogens with zero attached hydrogens (tertiary/aromatic N) is 1. The van der Waals surface area contributed by atoms with Crippen LogP contribution in [0.4, 0.5) is 0 Å². The Morgan fingerprint density at radius 3 is 0.900 bits per heavy atom. The van der Waals surface area contributed by atoms with Crippen molar-refractivity contribution in [3.63, 3.8) is 0 Å². The summed E-state index contributed by atoms with van der Waals surface area (Å²) in [6.07, 6.45) is 0. The van der Waals surface area contributed by atoms with Crippen molar-refractivity contribution in [2.45, 2.75) is 103 Å². The van der Waals surface area contributed by atoms with Gasteiger partial charge in [0.05, 0.1) is 0 Å². The van der Waals surface area contributed by atoms with E-state index in [9.17, 15) is 0 Å². The summed E-state index contributed by atoms with van der Waals surface area (Å²) in [6, 6.07) is 2.63. The Labute approximate surface area is 153 Å². The maximum Gasteiger partial charge on any atom is 1.00 e. The molecule has 0 aliphatic heterocycles. The van der Waals surface area contributed by atoms with E-state index in [1.807, 2.05) is 0 Å². The molecule has 0 rings (SSSR count). The summed E-state index contributed by atoms with van der Waals surface area (Å²) in [5.41, 5.74) is 3.09. The first-order valence-electron chi connectivity index (χ1n) is 8.34. The number of hydrogen-bond donors (Lipinski definition) is 0. The smallest absolute Gasteiger partial charge is 0.665 e.